The second-order valence-corrected chi connectivity index (χ2v) is 19.9. The number of nitrogens with zero attached hydrogens (tertiary/aromatic N) is 1. The molecule has 120 valence electrons. The molecule has 1 aromatic rings. The van der Waals surface area contributed by atoms with E-state index < -0.39 is 16.1 Å². The molecule has 0 unspecified atom stereocenters. The van der Waals surface area contributed by atoms with Crippen LogP contribution >= 0.6 is 0 Å². The summed E-state index contributed by atoms with van der Waals surface area (Å²) in [5, 5.41) is 0. The quantitative estimate of drug-likeness (QED) is 0.508. The standard InChI is InChI=1S/C18H35NSi2/c1-20(2,3)16-10-14-19(15-11-17-21(4,5)6)18-12-8-7-9-13-18/h7-9,12-13H,10-11,14-17H2,1-6H3. The van der Waals surface area contributed by atoms with E-state index in [2.05, 4.69) is 74.5 Å². The molecule has 0 aliphatic heterocycles. The van der Waals surface area contributed by atoms with Crippen LogP contribution in [0.4, 0.5) is 5.69 Å². The van der Waals surface area contributed by atoms with E-state index in [1.54, 1.807) is 0 Å². The first kappa shape index (κ1) is 18.5. The molecule has 21 heavy (non-hydrogen) atoms. The Bertz CT molecular complexity index is 370. The van der Waals surface area contributed by atoms with Gasteiger partial charge in [-0.2, -0.15) is 0 Å². The molecule has 1 nitrogen and oxygen atoms in total. The molecule has 0 saturated carbocycles. The summed E-state index contributed by atoms with van der Waals surface area (Å²) in [5.41, 5.74) is 1.41. The Labute approximate surface area is 134 Å². The highest BCUT2D eigenvalue weighted by molar-refractivity contribution is 6.76. The van der Waals surface area contributed by atoms with Crippen LogP contribution in [0.15, 0.2) is 30.3 Å². The molecule has 1 rings (SSSR count). The lowest BCUT2D eigenvalue weighted by atomic mass is 10.2. The van der Waals surface area contributed by atoms with Crippen molar-refractivity contribution in [2.24, 2.45) is 0 Å². The van der Waals surface area contributed by atoms with Crippen molar-refractivity contribution in [3.05, 3.63) is 30.3 Å². The van der Waals surface area contributed by atoms with Crippen LogP contribution in [0.1, 0.15) is 12.8 Å². The van der Waals surface area contributed by atoms with Crippen molar-refractivity contribution in [3.63, 3.8) is 0 Å². The number of hydrogen-bond acceptors (Lipinski definition) is 1. The molecule has 0 heterocycles. The molecule has 0 aliphatic rings. The van der Waals surface area contributed by atoms with Gasteiger partial charge in [0.15, 0.2) is 0 Å². The molecule has 0 fully saturated rings. The minimum absolute atomic E-state index is 0.906. The third-order valence-electron chi connectivity index (χ3n) is 3.83. The zero-order chi connectivity index (χ0) is 15.9. The highest BCUT2D eigenvalue weighted by atomic mass is 28.3. The molecule has 0 amide bonds. The van der Waals surface area contributed by atoms with Gasteiger partial charge in [-0.05, 0) is 25.0 Å². The monoisotopic (exact) mass is 321 g/mol. The number of anilines is 1. The summed E-state index contributed by atoms with van der Waals surface area (Å²) in [6.45, 7) is 17.3. The Balaban J connectivity index is 2.55. The molecule has 1 aromatic carbocycles. The Morgan fingerprint density at radius 1 is 0.714 bits per heavy atom. The van der Waals surface area contributed by atoms with Gasteiger partial charge in [-0.3, -0.25) is 0 Å². The van der Waals surface area contributed by atoms with E-state index in [0.717, 1.165) is 0 Å². The van der Waals surface area contributed by atoms with Crippen molar-refractivity contribution >= 4 is 21.8 Å². The van der Waals surface area contributed by atoms with E-state index in [1.165, 1.54) is 43.7 Å². The zero-order valence-corrected chi connectivity index (χ0v) is 17.1. The van der Waals surface area contributed by atoms with Crippen LogP contribution in [-0.2, 0) is 0 Å². The summed E-state index contributed by atoms with van der Waals surface area (Å²) in [5.74, 6) is 0. The molecule has 3 heteroatoms. The van der Waals surface area contributed by atoms with Crippen molar-refractivity contribution in [1.29, 1.82) is 0 Å². The lowest BCUT2D eigenvalue weighted by Crippen LogP contribution is -2.30. The van der Waals surface area contributed by atoms with Gasteiger partial charge >= 0.3 is 0 Å². The number of hydrogen-bond donors (Lipinski definition) is 0. The molecule has 0 aliphatic carbocycles. The van der Waals surface area contributed by atoms with Crippen molar-refractivity contribution < 1.29 is 0 Å². The van der Waals surface area contributed by atoms with Gasteiger partial charge in [-0.25, -0.2) is 0 Å². The first-order valence-corrected chi connectivity index (χ1v) is 15.9. The minimum atomic E-state index is -0.906. The molecule has 0 radical (unpaired) electrons. The minimum Gasteiger partial charge on any atom is -0.372 e. The van der Waals surface area contributed by atoms with Crippen LogP contribution in [0, 0.1) is 0 Å². The van der Waals surface area contributed by atoms with Crippen LogP contribution in [-0.4, -0.2) is 29.2 Å². The first-order chi connectivity index (χ1) is 9.67. The average Bonchev–Trinajstić information content (AvgIpc) is 2.35. The Hall–Kier alpha value is -0.546. The second-order valence-electron chi connectivity index (χ2n) is 8.65. The van der Waals surface area contributed by atoms with Crippen LogP contribution in [0.3, 0.4) is 0 Å². The second kappa shape index (κ2) is 8.18. The van der Waals surface area contributed by atoms with E-state index in [4.69, 9.17) is 0 Å². The summed E-state index contributed by atoms with van der Waals surface area (Å²) < 4.78 is 0. The predicted octanol–water partition coefficient (Wildman–Crippen LogP) is 5.95. The number of benzene rings is 1. The molecule has 0 bridgehead atoms. The third-order valence-corrected chi connectivity index (χ3v) is 7.54. The van der Waals surface area contributed by atoms with E-state index in [0.29, 0.717) is 0 Å². The van der Waals surface area contributed by atoms with E-state index in [9.17, 15) is 0 Å². The van der Waals surface area contributed by atoms with Gasteiger partial charge in [0.05, 0.1) is 0 Å². The van der Waals surface area contributed by atoms with E-state index in [-0.39, 0.29) is 0 Å². The Morgan fingerprint density at radius 2 is 1.14 bits per heavy atom. The fourth-order valence-corrected chi connectivity index (χ4v) is 5.05. The normalized spacial score (nSPS) is 12.5. The first-order valence-electron chi connectivity index (χ1n) is 8.47. The Morgan fingerprint density at radius 3 is 1.52 bits per heavy atom. The van der Waals surface area contributed by atoms with Gasteiger partial charge in [-0.1, -0.05) is 69.6 Å². The maximum absolute atomic E-state index is 2.61. The summed E-state index contributed by atoms with van der Waals surface area (Å²) in [6, 6.07) is 13.9. The van der Waals surface area contributed by atoms with Crippen molar-refractivity contribution in [2.45, 2.75) is 64.2 Å². The maximum Gasteiger partial charge on any atom is 0.0443 e. The highest BCUT2D eigenvalue weighted by Gasteiger charge is 2.16. The molecule has 0 atom stereocenters. The van der Waals surface area contributed by atoms with Crippen LogP contribution in [0.25, 0.3) is 0 Å². The molecule has 0 spiro atoms. The fourth-order valence-electron chi connectivity index (χ4n) is 2.61. The summed E-state index contributed by atoms with van der Waals surface area (Å²) in [4.78, 5) is 2.61. The van der Waals surface area contributed by atoms with Crippen LogP contribution in [0.2, 0.25) is 51.4 Å². The molecule has 0 aromatic heterocycles. The largest absolute Gasteiger partial charge is 0.372 e. The topological polar surface area (TPSA) is 3.24 Å². The molecule has 0 saturated heterocycles. The lowest BCUT2D eigenvalue weighted by Gasteiger charge is -2.27. The summed E-state index contributed by atoms with van der Waals surface area (Å²) in [6.07, 6.45) is 2.69. The maximum atomic E-state index is 2.61. The smallest absolute Gasteiger partial charge is 0.0443 e. The van der Waals surface area contributed by atoms with E-state index >= 15 is 0 Å². The molecule has 0 N–H and O–H groups in total. The van der Waals surface area contributed by atoms with E-state index in [1.807, 2.05) is 0 Å². The van der Waals surface area contributed by atoms with Gasteiger partial charge in [0.1, 0.15) is 0 Å². The van der Waals surface area contributed by atoms with Gasteiger partial charge in [0, 0.05) is 34.9 Å². The van der Waals surface area contributed by atoms with Gasteiger partial charge < -0.3 is 4.90 Å². The summed E-state index contributed by atoms with van der Waals surface area (Å²) >= 11 is 0. The predicted molar refractivity (Wildman–Crippen MR) is 104 cm³/mol. The third kappa shape index (κ3) is 9.15. The van der Waals surface area contributed by atoms with Crippen molar-refractivity contribution in [3.8, 4) is 0 Å². The molecular weight excluding hydrogens is 286 g/mol. The number of para-hydroxylation sites is 1. The van der Waals surface area contributed by atoms with Gasteiger partial charge in [-0.15, -0.1) is 0 Å². The number of rotatable bonds is 9. The van der Waals surface area contributed by atoms with Crippen molar-refractivity contribution in [1.82, 2.24) is 0 Å². The zero-order valence-electron chi connectivity index (χ0n) is 15.1. The highest BCUT2D eigenvalue weighted by Crippen LogP contribution is 2.19. The van der Waals surface area contributed by atoms with Crippen LogP contribution in [0.5, 0.6) is 0 Å². The SMILES string of the molecule is C[Si](C)(C)CCCN(CCC[Si](C)(C)C)c1ccccc1. The van der Waals surface area contributed by atoms with Crippen LogP contribution < -0.4 is 4.90 Å². The average molecular weight is 322 g/mol. The molecular formula is C18H35NSi2. The fraction of sp³-hybridized carbons (Fsp3) is 0.667. The lowest BCUT2D eigenvalue weighted by molar-refractivity contribution is 0.736. The summed E-state index contributed by atoms with van der Waals surface area (Å²) in [7, 11) is -1.81. The van der Waals surface area contributed by atoms with Crippen molar-refractivity contribution in [2.75, 3.05) is 18.0 Å². The Kier molecular flexibility index (Phi) is 7.21. The van der Waals surface area contributed by atoms with Gasteiger partial charge in [0.25, 0.3) is 0 Å². The van der Waals surface area contributed by atoms with Gasteiger partial charge in [0.2, 0.25) is 0 Å².